The zero-order chi connectivity index (χ0) is 19.5. The Bertz CT molecular complexity index is 652. The lowest BCUT2D eigenvalue weighted by Crippen LogP contribution is -2.43. The molecule has 1 N–H and O–H groups in total. The second-order valence-corrected chi connectivity index (χ2v) is 7.81. The van der Waals surface area contributed by atoms with Crippen molar-refractivity contribution >= 4 is 12.1 Å². The number of aliphatic carboxylic acids is 1. The highest BCUT2D eigenvalue weighted by molar-refractivity contribution is 5.81. The van der Waals surface area contributed by atoms with Crippen molar-refractivity contribution in [1.82, 2.24) is 4.90 Å². The number of rotatable bonds is 5. The van der Waals surface area contributed by atoms with E-state index in [2.05, 4.69) is 13.8 Å². The lowest BCUT2D eigenvalue weighted by Gasteiger charge is -2.26. The summed E-state index contributed by atoms with van der Waals surface area (Å²) < 4.78 is 11.5. The van der Waals surface area contributed by atoms with Crippen LogP contribution in [0.15, 0.2) is 24.3 Å². The summed E-state index contributed by atoms with van der Waals surface area (Å²) in [6.07, 6.45) is 0.219. The number of amides is 1. The first-order valence-electron chi connectivity index (χ1n) is 9.10. The zero-order valence-corrected chi connectivity index (χ0v) is 16.2. The second kappa shape index (κ2) is 7.98. The number of para-hydroxylation sites is 1. The fourth-order valence-electron chi connectivity index (χ4n) is 3.03. The molecule has 1 aromatic carbocycles. The van der Waals surface area contributed by atoms with Gasteiger partial charge in [0.2, 0.25) is 0 Å². The van der Waals surface area contributed by atoms with Crippen LogP contribution < -0.4 is 4.74 Å². The minimum atomic E-state index is -1.04. The Balaban J connectivity index is 2.15. The van der Waals surface area contributed by atoms with Crippen LogP contribution in [0.2, 0.25) is 0 Å². The van der Waals surface area contributed by atoms with Crippen molar-refractivity contribution in [2.75, 3.05) is 6.54 Å². The minimum Gasteiger partial charge on any atom is -0.488 e. The van der Waals surface area contributed by atoms with Crippen molar-refractivity contribution in [3.05, 3.63) is 29.8 Å². The van der Waals surface area contributed by atoms with Crippen molar-refractivity contribution in [3.8, 4) is 5.75 Å². The van der Waals surface area contributed by atoms with Crippen molar-refractivity contribution in [2.24, 2.45) is 0 Å². The number of carboxylic acids is 1. The average molecular weight is 363 g/mol. The lowest BCUT2D eigenvalue weighted by molar-refractivity contribution is -0.142. The molecule has 1 fully saturated rings. The molecule has 1 saturated heterocycles. The van der Waals surface area contributed by atoms with Gasteiger partial charge in [-0.3, -0.25) is 4.90 Å². The third-order valence-electron chi connectivity index (χ3n) is 4.53. The molecule has 144 valence electrons. The van der Waals surface area contributed by atoms with Crippen LogP contribution in [0.25, 0.3) is 0 Å². The summed E-state index contributed by atoms with van der Waals surface area (Å²) in [5.41, 5.74) is 0.417. The van der Waals surface area contributed by atoms with E-state index in [1.807, 2.05) is 24.3 Å². The number of hydrogen-bond acceptors (Lipinski definition) is 4. The molecule has 0 aliphatic carbocycles. The molecule has 0 spiro atoms. The van der Waals surface area contributed by atoms with Gasteiger partial charge < -0.3 is 14.6 Å². The molecule has 3 atom stereocenters. The highest BCUT2D eigenvalue weighted by atomic mass is 16.6. The fourth-order valence-corrected chi connectivity index (χ4v) is 3.03. The van der Waals surface area contributed by atoms with Crippen molar-refractivity contribution < 1.29 is 24.2 Å². The molecule has 6 nitrogen and oxygen atoms in total. The van der Waals surface area contributed by atoms with E-state index in [1.54, 1.807) is 20.8 Å². The van der Waals surface area contributed by atoms with Crippen LogP contribution in [-0.4, -0.2) is 46.4 Å². The van der Waals surface area contributed by atoms with E-state index in [0.717, 1.165) is 17.7 Å². The van der Waals surface area contributed by atoms with Crippen molar-refractivity contribution in [2.45, 2.75) is 71.1 Å². The van der Waals surface area contributed by atoms with Crippen molar-refractivity contribution in [1.29, 1.82) is 0 Å². The zero-order valence-electron chi connectivity index (χ0n) is 16.2. The van der Waals surface area contributed by atoms with Gasteiger partial charge in [-0.25, -0.2) is 9.59 Å². The topological polar surface area (TPSA) is 76.1 Å². The molecule has 1 heterocycles. The van der Waals surface area contributed by atoms with E-state index >= 15 is 0 Å². The first kappa shape index (κ1) is 20.1. The Morgan fingerprint density at radius 3 is 2.54 bits per heavy atom. The van der Waals surface area contributed by atoms with Crippen LogP contribution in [-0.2, 0) is 9.53 Å². The maximum absolute atomic E-state index is 12.4. The Hall–Kier alpha value is -2.24. The Kier molecular flexibility index (Phi) is 6.16. The van der Waals surface area contributed by atoms with Crippen molar-refractivity contribution in [3.63, 3.8) is 0 Å². The standard InChI is InChI=1S/C20H29NO5/c1-6-13(2)15-9-7-8-10-17(15)25-14-11-16(18(22)23)21(12-14)19(24)26-20(3,4)5/h7-10,13-14,16H,6,11-12H2,1-5H3,(H,22,23)/t13-,14+,16+/m1/s1. The van der Waals surface area contributed by atoms with Gasteiger partial charge in [-0.1, -0.05) is 32.0 Å². The summed E-state index contributed by atoms with van der Waals surface area (Å²) in [5, 5.41) is 9.49. The monoisotopic (exact) mass is 363 g/mol. The molecule has 0 aromatic heterocycles. The van der Waals surface area contributed by atoms with Gasteiger partial charge in [0.15, 0.2) is 0 Å². The first-order chi connectivity index (χ1) is 12.1. The van der Waals surface area contributed by atoms with E-state index in [-0.39, 0.29) is 19.1 Å². The number of carboxylic acid groups (broad SMARTS) is 1. The predicted octanol–water partition coefficient (Wildman–Crippen LogP) is 4.04. The average Bonchev–Trinajstić information content (AvgIpc) is 2.97. The van der Waals surface area contributed by atoms with Crippen LogP contribution in [0.1, 0.15) is 58.9 Å². The molecule has 0 saturated carbocycles. The van der Waals surface area contributed by atoms with Gasteiger partial charge in [0.1, 0.15) is 23.5 Å². The van der Waals surface area contributed by atoms with E-state index in [0.29, 0.717) is 5.92 Å². The van der Waals surface area contributed by atoms with Gasteiger partial charge >= 0.3 is 12.1 Å². The first-order valence-corrected chi connectivity index (χ1v) is 9.10. The van der Waals surface area contributed by atoms with Crippen LogP contribution in [0, 0.1) is 0 Å². The number of hydrogen-bond donors (Lipinski definition) is 1. The summed E-state index contributed by atoms with van der Waals surface area (Å²) in [7, 11) is 0. The minimum absolute atomic E-state index is 0.195. The van der Waals surface area contributed by atoms with E-state index in [9.17, 15) is 14.7 Å². The maximum Gasteiger partial charge on any atom is 0.411 e. The van der Waals surface area contributed by atoms with E-state index in [1.165, 1.54) is 4.90 Å². The molecule has 2 rings (SSSR count). The molecule has 0 unspecified atom stereocenters. The second-order valence-electron chi connectivity index (χ2n) is 7.81. The normalized spacial score (nSPS) is 21.3. The SMILES string of the molecule is CC[C@@H](C)c1ccccc1O[C@H]1C[C@@H](C(=O)O)N(C(=O)OC(C)(C)C)C1. The number of carbonyl (C=O) groups excluding carboxylic acids is 1. The Labute approximate surface area is 155 Å². The molecule has 0 radical (unpaired) electrons. The maximum atomic E-state index is 12.4. The Morgan fingerprint density at radius 1 is 1.31 bits per heavy atom. The number of likely N-dealkylation sites (tertiary alicyclic amines) is 1. The summed E-state index contributed by atoms with van der Waals surface area (Å²) in [4.78, 5) is 25.2. The van der Waals surface area contributed by atoms with Crippen LogP contribution >= 0.6 is 0 Å². The quantitative estimate of drug-likeness (QED) is 0.854. The van der Waals surface area contributed by atoms with E-state index < -0.39 is 23.7 Å². The summed E-state index contributed by atoms with van der Waals surface area (Å²) in [5.74, 6) is 0.0454. The van der Waals surface area contributed by atoms with Gasteiger partial charge in [-0.05, 0) is 44.7 Å². The van der Waals surface area contributed by atoms with Gasteiger partial charge in [-0.15, -0.1) is 0 Å². The number of nitrogens with zero attached hydrogens (tertiary/aromatic N) is 1. The molecule has 26 heavy (non-hydrogen) atoms. The molecule has 1 aromatic rings. The molecule has 6 heteroatoms. The molecule has 1 amide bonds. The number of benzene rings is 1. The summed E-state index contributed by atoms with van der Waals surface area (Å²) >= 11 is 0. The highest BCUT2D eigenvalue weighted by Crippen LogP contribution is 2.32. The van der Waals surface area contributed by atoms with Gasteiger partial charge in [0.25, 0.3) is 0 Å². The van der Waals surface area contributed by atoms with Crippen LogP contribution in [0.5, 0.6) is 5.75 Å². The van der Waals surface area contributed by atoms with E-state index in [4.69, 9.17) is 9.47 Å². The Morgan fingerprint density at radius 2 is 1.96 bits per heavy atom. The lowest BCUT2D eigenvalue weighted by atomic mass is 9.98. The molecular weight excluding hydrogens is 334 g/mol. The van der Waals surface area contributed by atoms with Gasteiger partial charge in [0.05, 0.1) is 6.54 Å². The van der Waals surface area contributed by atoms with Gasteiger partial charge in [0, 0.05) is 6.42 Å². The number of carbonyl (C=O) groups is 2. The van der Waals surface area contributed by atoms with Crippen LogP contribution in [0.3, 0.4) is 0 Å². The summed E-state index contributed by atoms with van der Waals surface area (Å²) in [6.45, 7) is 9.71. The largest absolute Gasteiger partial charge is 0.488 e. The number of ether oxygens (including phenoxy) is 2. The molecule has 1 aliphatic rings. The smallest absolute Gasteiger partial charge is 0.411 e. The fraction of sp³-hybridized carbons (Fsp3) is 0.600. The third kappa shape index (κ3) is 4.90. The highest BCUT2D eigenvalue weighted by Gasteiger charge is 2.42. The summed E-state index contributed by atoms with van der Waals surface area (Å²) in [6, 6.07) is 6.85. The van der Waals surface area contributed by atoms with Crippen LogP contribution in [0.4, 0.5) is 4.79 Å². The third-order valence-corrected chi connectivity index (χ3v) is 4.53. The molecule has 1 aliphatic heterocycles. The van der Waals surface area contributed by atoms with Gasteiger partial charge in [-0.2, -0.15) is 0 Å². The predicted molar refractivity (Wildman–Crippen MR) is 98.5 cm³/mol. The molecular formula is C20H29NO5. The molecule has 0 bridgehead atoms.